The molecule has 8 heteroatoms. The van der Waals surface area contributed by atoms with E-state index in [0.29, 0.717) is 11.8 Å². The number of aryl methyl sites for hydroxylation is 2. The van der Waals surface area contributed by atoms with Gasteiger partial charge in [-0.3, -0.25) is 9.56 Å². The van der Waals surface area contributed by atoms with Crippen LogP contribution in [0.5, 0.6) is 0 Å². The van der Waals surface area contributed by atoms with Crippen LogP contribution >= 0.6 is 11.8 Å². The molecule has 3 heterocycles. The fourth-order valence-electron chi connectivity index (χ4n) is 3.27. The molecule has 2 aliphatic rings. The van der Waals surface area contributed by atoms with E-state index in [4.69, 9.17) is 0 Å². The molecular weight excluding hydrogens is 324 g/mol. The monoisotopic (exact) mass is 352 g/mol. The second-order valence-electron chi connectivity index (χ2n) is 6.40. The topological polar surface area (TPSA) is 76.2 Å². The average Bonchev–Trinajstić information content (AvgIpc) is 3.23. The lowest BCUT2D eigenvalue weighted by atomic mass is 10.2. The summed E-state index contributed by atoms with van der Waals surface area (Å²) in [5.74, 6) is 3.08. The molecule has 0 spiro atoms. The lowest BCUT2D eigenvalue weighted by molar-refractivity contribution is 0.509. The maximum absolute atomic E-state index is 12.3. The minimum atomic E-state index is 0.0467. The number of nitrogens with one attached hydrogen (secondary N) is 2. The number of aliphatic imine (C=N–C) groups is 1. The van der Waals surface area contributed by atoms with Crippen LogP contribution in [0.15, 0.2) is 9.79 Å². The summed E-state index contributed by atoms with van der Waals surface area (Å²) < 4.78 is 3.45. The maximum atomic E-state index is 12.3. The Bertz CT molecular complexity index is 617. The third-order valence-corrected chi connectivity index (χ3v) is 6.01. The first-order chi connectivity index (χ1) is 11.8. The van der Waals surface area contributed by atoms with Gasteiger partial charge < -0.3 is 10.6 Å². The fourth-order valence-corrected chi connectivity index (χ4v) is 4.47. The molecule has 1 aromatic rings. The first-order valence-corrected chi connectivity index (χ1v) is 10.1. The lowest BCUT2D eigenvalue weighted by Gasteiger charge is -2.14. The van der Waals surface area contributed by atoms with E-state index in [1.807, 2.05) is 16.3 Å². The van der Waals surface area contributed by atoms with Crippen LogP contribution in [0, 0.1) is 0 Å². The summed E-state index contributed by atoms with van der Waals surface area (Å²) >= 11 is 2.04. The van der Waals surface area contributed by atoms with Gasteiger partial charge >= 0.3 is 5.69 Å². The van der Waals surface area contributed by atoms with Crippen molar-refractivity contribution in [2.75, 3.05) is 25.9 Å². The third kappa shape index (κ3) is 4.34. The molecule has 2 aliphatic heterocycles. The molecule has 0 bridgehead atoms. The van der Waals surface area contributed by atoms with Crippen LogP contribution in [0.3, 0.4) is 0 Å². The zero-order valence-corrected chi connectivity index (χ0v) is 15.3. The summed E-state index contributed by atoms with van der Waals surface area (Å²) in [5.41, 5.74) is 0.0467. The molecule has 2 N–H and O–H groups in total. The molecule has 7 nitrogen and oxygen atoms in total. The van der Waals surface area contributed by atoms with Crippen molar-refractivity contribution in [2.24, 2.45) is 4.99 Å². The molecule has 1 atom stereocenters. The standard InChI is InChI=1S/C16H28N6OS/c1-17-15(19-12-13-6-4-11-24-13)18-8-5-10-22-16(23)21-9-3-2-7-14(21)20-22/h13H,2-12H2,1H3,(H2,17,18,19). The number of rotatable bonds is 6. The van der Waals surface area contributed by atoms with Gasteiger partial charge in [-0.1, -0.05) is 0 Å². The summed E-state index contributed by atoms with van der Waals surface area (Å²) in [6, 6.07) is 0. The Morgan fingerprint density at radius 2 is 2.29 bits per heavy atom. The van der Waals surface area contributed by atoms with E-state index >= 15 is 0 Å². The van der Waals surface area contributed by atoms with E-state index in [1.165, 1.54) is 18.6 Å². The van der Waals surface area contributed by atoms with Crippen molar-refractivity contribution in [1.82, 2.24) is 25.0 Å². The molecule has 1 fully saturated rings. The molecule has 0 radical (unpaired) electrons. The van der Waals surface area contributed by atoms with Gasteiger partial charge in [0.2, 0.25) is 0 Å². The molecule has 1 unspecified atom stereocenters. The SMILES string of the molecule is CN=C(NCCCn1nc2n(c1=O)CCCC2)NCC1CCCS1. The van der Waals surface area contributed by atoms with Crippen molar-refractivity contribution in [1.29, 1.82) is 0 Å². The maximum Gasteiger partial charge on any atom is 0.345 e. The molecule has 1 aromatic heterocycles. The first kappa shape index (κ1) is 17.4. The summed E-state index contributed by atoms with van der Waals surface area (Å²) in [5, 5.41) is 11.9. The van der Waals surface area contributed by atoms with Gasteiger partial charge in [-0.2, -0.15) is 16.9 Å². The predicted molar refractivity (Wildman–Crippen MR) is 98.9 cm³/mol. The highest BCUT2D eigenvalue weighted by atomic mass is 32.2. The number of nitrogens with zero attached hydrogens (tertiary/aromatic N) is 4. The Kier molecular flexibility index (Phi) is 6.23. The first-order valence-electron chi connectivity index (χ1n) is 9.00. The van der Waals surface area contributed by atoms with Gasteiger partial charge in [-0.25, -0.2) is 9.48 Å². The number of aromatic nitrogens is 3. The smallest absolute Gasteiger partial charge is 0.345 e. The Labute approximate surface area is 147 Å². The van der Waals surface area contributed by atoms with Crippen molar-refractivity contribution in [2.45, 2.75) is 56.9 Å². The van der Waals surface area contributed by atoms with Crippen LogP contribution in [0.2, 0.25) is 0 Å². The highest BCUT2D eigenvalue weighted by Gasteiger charge is 2.17. The number of thioether (sulfide) groups is 1. The molecule has 0 saturated carbocycles. The second kappa shape index (κ2) is 8.60. The van der Waals surface area contributed by atoms with Crippen molar-refractivity contribution in [3.63, 3.8) is 0 Å². The van der Waals surface area contributed by atoms with Crippen LogP contribution in [0.25, 0.3) is 0 Å². The van der Waals surface area contributed by atoms with Crippen LogP contribution < -0.4 is 16.3 Å². The molecule has 3 rings (SSSR count). The van der Waals surface area contributed by atoms with Gasteiger partial charge in [-0.15, -0.1) is 0 Å². The van der Waals surface area contributed by atoms with Crippen molar-refractivity contribution in [3.8, 4) is 0 Å². The van der Waals surface area contributed by atoms with Gasteiger partial charge in [-0.05, 0) is 37.9 Å². The van der Waals surface area contributed by atoms with E-state index in [-0.39, 0.29) is 5.69 Å². The van der Waals surface area contributed by atoms with Crippen molar-refractivity contribution >= 4 is 17.7 Å². The molecule has 0 aliphatic carbocycles. The van der Waals surface area contributed by atoms with Crippen LogP contribution in [0.1, 0.15) is 37.9 Å². The van der Waals surface area contributed by atoms with E-state index in [2.05, 4.69) is 20.7 Å². The average molecular weight is 353 g/mol. The number of hydrogen-bond acceptors (Lipinski definition) is 4. The van der Waals surface area contributed by atoms with Crippen LogP contribution in [-0.2, 0) is 19.5 Å². The van der Waals surface area contributed by atoms with Gasteiger partial charge in [0.05, 0.1) is 0 Å². The molecule has 134 valence electrons. The van der Waals surface area contributed by atoms with Gasteiger partial charge in [0.25, 0.3) is 0 Å². The number of fused-ring (bicyclic) bond motifs is 1. The highest BCUT2D eigenvalue weighted by molar-refractivity contribution is 8.00. The zero-order chi connectivity index (χ0) is 16.8. The van der Waals surface area contributed by atoms with Gasteiger partial charge in [0.1, 0.15) is 5.82 Å². The lowest BCUT2D eigenvalue weighted by Crippen LogP contribution is -2.40. The largest absolute Gasteiger partial charge is 0.356 e. The molecule has 0 amide bonds. The normalized spacial score (nSPS) is 20.9. The van der Waals surface area contributed by atoms with E-state index in [0.717, 1.165) is 57.1 Å². The van der Waals surface area contributed by atoms with E-state index in [9.17, 15) is 4.79 Å². The molecule has 24 heavy (non-hydrogen) atoms. The van der Waals surface area contributed by atoms with Crippen molar-refractivity contribution < 1.29 is 0 Å². The Morgan fingerprint density at radius 1 is 1.38 bits per heavy atom. The molecule has 0 aromatic carbocycles. The van der Waals surface area contributed by atoms with E-state index < -0.39 is 0 Å². The predicted octanol–water partition coefficient (Wildman–Crippen LogP) is 0.832. The van der Waals surface area contributed by atoms with Gasteiger partial charge in [0, 0.05) is 44.9 Å². The Morgan fingerprint density at radius 3 is 3.04 bits per heavy atom. The fraction of sp³-hybridized carbons (Fsp3) is 0.812. The van der Waals surface area contributed by atoms with Crippen LogP contribution in [0.4, 0.5) is 0 Å². The highest BCUT2D eigenvalue weighted by Crippen LogP contribution is 2.25. The summed E-state index contributed by atoms with van der Waals surface area (Å²) in [7, 11) is 1.80. The summed E-state index contributed by atoms with van der Waals surface area (Å²) in [4.78, 5) is 16.5. The van der Waals surface area contributed by atoms with E-state index in [1.54, 1.807) is 11.7 Å². The second-order valence-corrected chi connectivity index (χ2v) is 7.81. The number of guanidine groups is 1. The van der Waals surface area contributed by atoms with Crippen molar-refractivity contribution in [3.05, 3.63) is 16.3 Å². The number of hydrogen-bond donors (Lipinski definition) is 2. The zero-order valence-electron chi connectivity index (χ0n) is 14.5. The van der Waals surface area contributed by atoms with Crippen LogP contribution in [-0.4, -0.2) is 51.4 Å². The summed E-state index contributed by atoms with van der Waals surface area (Å²) in [6.07, 6.45) is 6.63. The Hall–Kier alpha value is -1.44. The minimum absolute atomic E-state index is 0.0467. The quantitative estimate of drug-likeness (QED) is 0.451. The summed E-state index contributed by atoms with van der Waals surface area (Å²) in [6.45, 7) is 3.23. The third-order valence-electron chi connectivity index (χ3n) is 4.62. The minimum Gasteiger partial charge on any atom is -0.356 e. The molecule has 1 saturated heterocycles. The Balaban J connectivity index is 1.39. The van der Waals surface area contributed by atoms with Gasteiger partial charge in [0.15, 0.2) is 5.96 Å². The molecular formula is C16H28N6OS.